The van der Waals surface area contributed by atoms with Crippen LogP contribution in [-0.2, 0) is 0 Å². The van der Waals surface area contributed by atoms with Crippen LogP contribution in [0.15, 0.2) is 36.4 Å². The van der Waals surface area contributed by atoms with Crippen molar-refractivity contribution in [2.24, 2.45) is 0 Å². The smallest absolute Gasteiger partial charge is 0.156 e. The van der Waals surface area contributed by atoms with Gasteiger partial charge in [-0.15, -0.1) is 21.5 Å². The molecule has 0 aliphatic rings. The average molecular weight is 280 g/mol. The molecule has 0 aliphatic heterocycles. The summed E-state index contributed by atoms with van der Waals surface area (Å²) >= 11 is 1.44. The third-order valence-corrected chi connectivity index (χ3v) is 3.98. The van der Waals surface area contributed by atoms with Gasteiger partial charge < -0.3 is 5.32 Å². The van der Waals surface area contributed by atoms with E-state index in [4.69, 9.17) is 5.26 Å². The summed E-state index contributed by atoms with van der Waals surface area (Å²) in [5, 5.41) is 22.9. The Morgan fingerprint density at radius 3 is 2.65 bits per heavy atom. The molecule has 4 nitrogen and oxygen atoms in total. The minimum Gasteiger partial charge on any atom is -0.368 e. The van der Waals surface area contributed by atoms with Gasteiger partial charge in [0.1, 0.15) is 16.6 Å². The highest BCUT2D eigenvalue weighted by Gasteiger charge is 2.12. The third-order valence-electron chi connectivity index (χ3n) is 2.98. The van der Waals surface area contributed by atoms with Gasteiger partial charge >= 0.3 is 0 Å². The molecule has 0 unspecified atom stereocenters. The highest BCUT2D eigenvalue weighted by atomic mass is 32.1. The fourth-order valence-electron chi connectivity index (χ4n) is 2.11. The van der Waals surface area contributed by atoms with Gasteiger partial charge in [-0.2, -0.15) is 5.26 Å². The average Bonchev–Trinajstić information content (AvgIpc) is 2.97. The maximum absolute atomic E-state index is 8.94. The predicted molar refractivity (Wildman–Crippen MR) is 81.7 cm³/mol. The van der Waals surface area contributed by atoms with E-state index in [1.54, 1.807) is 0 Å². The number of benzene rings is 1. The Bertz CT molecular complexity index is 801. The second-order valence-electron chi connectivity index (χ2n) is 4.25. The van der Waals surface area contributed by atoms with Crippen molar-refractivity contribution in [2.45, 2.75) is 6.92 Å². The Hall–Kier alpha value is -2.45. The molecule has 0 aliphatic carbocycles. The molecule has 98 valence electrons. The Morgan fingerprint density at radius 1 is 1.15 bits per heavy atom. The number of fused-ring (bicyclic) bond motifs is 1. The van der Waals surface area contributed by atoms with Gasteiger partial charge in [-0.1, -0.05) is 24.3 Å². The molecule has 1 N–H and O–H groups in total. The quantitative estimate of drug-likeness (QED) is 0.795. The molecule has 0 bridgehead atoms. The van der Waals surface area contributed by atoms with Gasteiger partial charge in [0, 0.05) is 17.3 Å². The molecule has 3 aromatic rings. The van der Waals surface area contributed by atoms with E-state index in [1.807, 2.05) is 43.3 Å². The summed E-state index contributed by atoms with van der Waals surface area (Å²) < 4.78 is 0. The van der Waals surface area contributed by atoms with E-state index in [2.05, 4.69) is 21.6 Å². The molecule has 0 radical (unpaired) electrons. The van der Waals surface area contributed by atoms with Gasteiger partial charge in [-0.05, 0) is 19.1 Å². The first-order valence-electron chi connectivity index (χ1n) is 6.33. The Labute approximate surface area is 120 Å². The van der Waals surface area contributed by atoms with Crippen molar-refractivity contribution in [1.82, 2.24) is 10.2 Å². The molecular formula is C15H12N4S. The van der Waals surface area contributed by atoms with Crippen molar-refractivity contribution >= 4 is 27.9 Å². The van der Waals surface area contributed by atoms with Gasteiger partial charge in [0.05, 0.1) is 4.88 Å². The number of anilines is 1. The number of nitriles is 1. The second-order valence-corrected chi connectivity index (χ2v) is 5.33. The number of nitrogens with zero attached hydrogens (tertiary/aromatic N) is 3. The minimum absolute atomic E-state index is 0.682. The van der Waals surface area contributed by atoms with Crippen molar-refractivity contribution in [3.8, 4) is 16.6 Å². The highest BCUT2D eigenvalue weighted by Crippen LogP contribution is 2.33. The summed E-state index contributed by atoms with van der Waals surface area (Å²) in [5.41, 5.74) is 0.828. The first-order valence-corrected chi connectivity index (χ1v) is 7.14. The lowest BCUT2D eigenvalue weighted by molar-refractivity contribution is 1.04. The molecule has 0 fully saturated rings. The molecule has 0 saturated heterocycles. The first-order chi connectivity index (χ1) is 9.83. The fraction of sp³-hybridized carbons (Fsp3) is 0.133. The van der Waals surface area contributed by atoms with Crippen LogP contribution in [0.25, 0.3) is 21.3 Å². The van der Waals surface area contributed by atoms with Crippen molar-refractivity contribution in [2.75, 3.05) is 11.9 Å². The van der Waals surface area contributed by atoms with Gasteiger partial charge in [-0.25, -0.2) is 0 Å². The number of thiophene rings is 1. The molecule has 3 rings (SSSR count). The van der Waals surface area contributed by atoms with Gasteiger partial charge in [0.2, 0.25) is 0 Å². The van der Waals surface area contributed by atoms with E-state index < -0.39 is 0 Å². The van der Waals surface area contributed by atoms with E-state index in [9.17, 15) is 0 Å². The lowest BCUT2D eigenvalue weighted by Crippen LogP contribution is -2.02. The van der Waals surface area contributed by atoms with Crippen LogP contribution >= 0.6 is 11.3 Å². The van der Waals surface area contributed by atoms with Gasteiger partial charge in [0.15, 0.2) is 5.82 Å². The molecule has 2 heterocycles. The number of rotatable bonds is 3. The van der Waals surface area contributed by atoms with E-state index in [0.717, 1.165) is 33.7 Å². The van der Waals surface area contributed by atoms with E-state index in [1.165, 1.54) is 11.3 Å². The molecule has 0 atom stereocenters. The van der Waals surface area contributed by atoms with Crippen molar-refractivity contribution in [3.05, 3.63) is 41.3 Å². The number of aromatic nitrogens is 2. The molecule has 0 spiro atoms. The molecule has 2 aromatic heterocycles. The van der Waals surface area contributed by atoms with E-state index >= 15 is 0 Å². The van der Waals surface area contributed by atoms with Crippen molar-refractivity contribution in [3.63, 3.8) is 0 Å². The summed E-state index contributed by atoms with van der Waals surface area (Å²) in [6.07, 6.45) is 0. The maximum atomic E-state index is 8.94. The lowest BCUT2D eigenvalue weighted by Gasteiger charge is -2.08. The summed E-state index contributed by atoms with van der Waals surface area (Å²) in [6.45, 7) is 2.83. The molecule has 0 saturated carbocycles. The normalized spacial score (nSPS) is 10.4. The zero-order chi connectivity index (χ0) is 13.9. The Morgan fingerprint density at radius 2 is 1.95 bits per heavy atom. The van der Waals surface area contributed by atoms with Crippen LogP contribution in [-0.4, -0.2) is 16.7 Å². The Kier molecular flexibility index (Phi) is 3.32. The lowest BCUT2D eigenvalue weighted by atomic mass is 10.1. The van der Waals surface area contributed by atoms with Crippen molar-refractivity contribution in [1.29, 1.82) is 5.26 Å². The molecule has 20 heavy (non-hydrogen) atoms. The summed E-state index contributed by atoms with van der Waals surface area (Å²) in [5.74, 6) is 0.795. The first kappa shape index (κ1) is 12.6. The largest absolute Gasteiger partial charge is 0.368 e. The minimum atomic E-state index is 0.682. The van der Waals surface area contributed by atoms with Crippen LogP contribution in [0.3, 0.4) is 0 Å². The summed E-state index contributed by atoms with van der Waals surface area (Å²) in [6, 6.07) is 13.9. The van der Waals surface area contributed by atoms with Gasteiger partial charge in [-0.3, -0.25) is 0 Å². The van der Waals surface area contributed by atoms with Crippen LogP contribution in [0.4, 0.5) is 5.82 Å². The van der Waals surface area contributed by atoms with Crippen LogP contribution in [0.2, 0.25) is 0 Å². The summed E-state index contributed by atoms with van der Waals surface area (Å²) in [4.78, 5) is 1.65. The fourth-order valence-corrected chi connectivity index (χ4v) is 2.91. The van der Waals surface area contributed by atoms with Crippen LogP contribution in [0.5, 0.6) is 0 Å². The van der Waals surface area contributed by atoms with Crippen molar-refractivity contribution < 1.29 is 0 Å². The summed E-state index contributed by atoms with van der Waals surface area (Å²) in [7, 11) is 0. The maximum Gasteiger partial charge on any atom is 0.156 e. The Balaban J connectivity index is 2.22. The standard InChI is InChI=1S/C15H12N4S/c1-2-17-15-12-6-4-3-5-11(12)14(18-19-15)13-8-7-10(9-16)20-13/h3-8H,2H2,1H3,(H,17,19). The van der Waals surface area contributed by atoms with E-state index in [0.29, 0.717) is 4.88 Å². The molecular weight excluding hydrogens is 268 g/mol. The van der Waals surface area contributed by atoms with Crippen LogP contribution in [0.1, 0.15) is 11.8 Å². The monoisotopic (exact) mass is 280 g/mol. The SMILES string of the molecule is CCNc1nnc(-c2ccc(C#N)s2)c2ccccc12. The molecule has 5 heteroatoms. The topological polar surface area (TPSA) is 61.6 Å². The zero-order valence-corrected chi connectivity index (χ0v) is 11.7. The van der Waals surface area contributed by atoms with Crippen LogP contribution < -0.4 is 5.32 Å². The highest BCUT2D eigenvalue weighted by molar-refractivity contribution is 7.16. The van der Waals surface area contributed by atoms with Gasteiger partial charge in [0.25, 0.3) is 0 Å². The second kappa shape index (κ2) is 5.27. The molecule has 1 aromatic carbocycles. The predicted octanol–water partition coefficient (Wildman–Crippen LogP) is 3.66. The zero-order valence-electron chi connectivity index (χ0n) is 10.9. The number of hydrogen-bond acceptors (Lipinski definition) is 5. The van der Waals surface area contributed by atoms with Crippen LogP contribution in [0, 0.1) is 11.3 Å². The number of nitrogens with one attached hydrogen (secondary N) is 1. The molecule has 0 amide bonds. The number of hydrogen-bond donors (Lipinski definition) is 1. The van der Waals surface area contributed by atoms with E-state index in [-0.39, 0.29) is 0 Å². The third kappa shape index (κ3) is 2.10.